The van der Waals surface area contributed by atoms with Gasteiger partial charge in [-0.25, -0.2) is 4.39 Å². The van der Waals surface area contributed by atoms with Gasteiger partial charge in [0.25, 0.3) is 0 Å². The fourth-order valence-corrected chi connectivity index (χ4v) is 6.08. The van der Waals surface area contributed by atoms with Crippen LogP contribution in [0.3, 0.4) is 0 Å². The van der Waals surface area contributed by atoms with Crippen LogP contribution in [0.2, 0.25) is 0 Å². The first-order valence-corrected chi connectivity index (χ1v) is 11.5. The van der Waals surface area contributed by atoms with E-state index in [2.05, 4.69) is 34.7 Å². The highest BCUT2D eigenvalue weighted by Crippen LogP contribution is 2.47. The van der Waals surface area contributed by atoms with E-state index in [1.165, 1.54) is 70.4 Å². The minimum absolute atomic E-state index is 0.141. The van der Waals surface area contributed by atoms with Crippen molar-refractivity contribution in [1.82, 2.24) is 14.7 Å². The highest BCUT2D eigenvalue weighted by molar-refractivity contribution is 5.46. The van der Waals surface area contributed by atoms with Gasteiger partial charge in [-0.1, -0.05) is 25.1 Å². The summed E-state index contributed by atoms with van der Waals surface area (Å²) in [6.07, 6.45) is 8.67. The van der Waals surface area contributed by atoms with E-state index < -0.39 is 0 Å². The van der Waals surface area contributed by atoms with Gasteiger partial charge in [0.2, 0.25) is 0 Å². The van der Waals surface area contributed by atoms with Gasteiger partial charge in [0.15, 0.2) is 0 Å². The largest absolute Gasteiger partial charge is 0.374 e. The van der Waals surface area contributed by atoms with Crippen LogP contribution in [-0.4, -0.2) is 60.5 Å². The number of fused-ring (bicyclic) bond motifs is 3. The lowest BCUT2D eigenvalue weighted by atomic mass is 9.86. The first-order valence-electron chi connectivity index (χ1n) is 11.5. The Bertz CT molecular complexity index is 812. The third kappa shape index (κ3) is 3.50. The van der Waals surface area contributed by atoms with E-state index in [4.69, 9.17) is 0 Å². The van der Waals surface area contributed by atoms with Crippen LogP contribution >= 0.6 is 0 Å². The molecule has 156 valence electrons. The smallest absolute Gasteiger partial charge is 0.123 e. The monoisotopic (exact) mass is 395 g/mol. The van der Waals surface area contributed by atoms with E-state index in [0.29, 0.717) is 11.8 Å². The van der Waals surface area contributed by atoms with Gasteiger partial charge < -0.3 is 14.7 Å². The maximum Gasteiger partial charge on any atom is 0.123 e. The Morgan fingerprint density at radius 1 is 1.14 bits per heavy atom. The Balaban J connectivity index is 1.20. The molecule has 0 N–H and O–H groups in total. The van der Waals surface area contributed by atoms with E-state index in [0.717, 1.165) is 6.04 Å². The summed E-state index contributed by atoms with van der Waals surface area (Å²) in [5, 5.41) is 0. The maximum absolute atomic E-state index is 13.2. The topological polar surface area (TPSA) is 9.72 Å². The first kappa shape index (κ1) is 19.2. The summed E-state index contributed by atoms with van der Waals surface area (Å²) in [6.45, 7) is 8.29. The summed E-state index contributed by atoms with van der Waals surface area (Å²) < 4.78 is 13.2. The van der Waals surface area contributed by atoms with Gasteiger partial charge in [-0.3, -0.25) is 0 Å². The van der Waals surface area contributed by atoms with Crippen molar-refractivity contribution in [2.75, 3.05) is 39.8 Å². The van der Waals surface area contributed by atoms with Crippen LogP contribution in [0.25, 0.3) is 0 Å². The summed E-state index contributed by atoms with van der Waals surface area (Å²) in [7, 11) is 2.28. The van der Waals surface area contributed by atoms with E-state index in [1.807, 2.05) is 12.1 Å². The van der Waals surface area contributed by atoms with Crippen molar-refractivity contribution in [3.05, 3.63) is 58.7 Å². The Morgan fingerprint density at radius 3 is 2.79 bits per heavy atom. The molecule has 1 unspecified atom stereocenters. The summed E-state index contributed by atoms with van der Waals surface area (Å²) in [4.78, 5) is 7.97. The molecule has 3 nitrogen and oxygen atoms in total. The van der Waals surface area contributed by atoms with Gasteiger partial charge in [-0.2, -0.15) is 0 Å². The fourth-order valence-electron chi connectivity index (χ4n) is 6.08. The first-order chi connectivity index (χ1) is 14.1. The van der Waals surface area contributed by atoms with Crippen molar-refractivity contribution in [3.63, 3.8) is 0 Å². The molecule has 0 radical (unpaired) electrons. The third-order valence-electron chi connectivity index (χ3n) is 7.73. The van der Waals surface area contributed by atoms with Crippen LogP contribution in [0, 0.1) is 11.7 Å². The molecule has 0 bridgehead atoms. The predicted octanol–water partition coefficient (Wildman–Crippen LogP) is 4.59. The molecule has 1 aromatic rings. The molecule has 0 saturated carbocycles. The lowest BCUT2D eigenvalue weighted by Crippen LogP contribution is -2.48. The second-order valence-corrected chi connectivity index (χ2v) is 9.47. The molecule has 0 aromatic heterocycles. The van der Waals surface area contributed by atoms with Gasteiger partial charge >= 0.3 is 0 Å². The second-order valence-electron chi connectivity index (χ2n) is 9.47. The van der Waals surface area contributed by atoms with Crippen LogP contribution in [0.5, 0.6) is 0 Å². The number of rotatable bonds is 5. The molecular weight excluding hydrogens is 361 g/mol. The van der Waals surface area contributed by atoms with Crippen molar-refractivity contribution in [3.8, 4) is 0 Å². The van der Waals surface area contributed by atoms with E-state index in [9.17, 15) is 4.39 Å². The normalized spacial score (nSPS) is 27.6. The number of likely N-dealkylation sites (tertiary alicyclic amines) is 1. The van der Waals surface area contributed by atoms with Gasteiger partial charge in [0.05, 0.1) is 5.70 Å². The molecule has 2 fully saturated rings. The van der Waals surface area contributed by atoms with E-state index in [-0.39, 0.29) is 5.82 Å². The predicted molar refractivity (Wildman–Crippen MR) is 116 cm³/mol. The number of hydrogen-bond donors (Lipinski definition) is 0. The average Bonchev–Trinajstić information content (AvgIpc) is 3.06. The number of benzene rings is 1. The summed E-state index contributed by atoms with van der Waals surface area (Å²) >= 11 is 0. The molecule has 4 aliphatic rings. The molecule has 0 amide bonds. The number of halogens is 1. The Labute approximate surface area is 174 Å². The standard InChI is InChI=1S/C25H34FN3/c1-18(19-8-10-20(26)11-9-19)5-4-13-28-14-12-23-22(17-28)21-6-3-7-24-25(21)29(23)16-15-27(24)2/h6,8-11,18,22-23H,3-5,7,12-17H2,1-2H3/t18?,22-,23-/m0/s1. The van der Waals surface area contributed by atoms with Crippen molar-refractivity contribution in [2.45, 2.75) is 51.0 Å². The molecular formula is C25H34FN3. The number of hydrogen-bond acceptors (Lipinski definition) is 3. The Morgan fingerprint density at radius 2 is 1.97 bits per heavy atom. The average molecular weight is 396 g/mol. The summed E-state index contributed by atoms with van der Waals surface area (Å²) in [5.41, 5.74) is 6.12. The molecule has 5 rings (SSSR count). The highest BCUT2D eigenvalue weighted by Gasteiger charge is 2.47. The summed E-state index contributed by atoms with van der Waals surface area (Å²) in [5.74, 6) is 1.06. The lowest BCUT2D eigenvalue weighted by molar-refractivity contribution is 0.111. The zero-order chi connectivity index (χ0) is 20.0. The van der Waals surface area contributed by atoms with Gasteiger partial charge in [-0.05, 0) is 67.8 Å². The van der Waals surface area contributed by atoms with Crippen molar-refractivity contribution < 1.29 is 4.39 Å². The maximum atomic E-state index is 13.2. The highest BCUT2D eigenvalue weighted by atomic mass is 19.1. The quantitative estimate of drug-likeness (QED) is 0.722. The van der Waals surface area contributed by atoms with Crippen LogP contribution in [0.4, 0.5) is 4.39 Å². The molecule has 3 aliphatic heterocycles. The van der Waals surface area contributed by atoms with Gasteiger partial charge in [0.1, 0.15) is 5.82 Å². The number of likely N-dealkylation sites (N-methyl/N-ethyl adjacent to an activating group) is 1. The van der Waals surface area contributed by atoms with Crippen molar-refractivity contribution in [1.29, 1.82) is 0 Å². The van der Waals surface area contributed by atoms with E-state index in [1.54, 1.807) is 29.1 Å². The van der Waals surface area contributed by atoms with Gasteiger partial charge in [-0.15, -0.1) is 0 Å². The van der Waals surface area contributed by atoms with Crippen LogP contribution in [-0.2, 0) is 0 Å². The lowest BCUT2D eigenvalue weighted by Gasteiger charge is -2.41. The number of piperidine rings is 1. The second kappa shape index (κ2) is 7.79. The minimum Gasteiger partial charge on any atom is -0.374 e. The van der Waals surface area contributed by atoms with Crippen LogP contribution in [0.1, 0.15) is 50.5 Å². The minimum atomic E-state index is -0.141. The number of nitrogens with zero attached hydrogens (tertiary/aromatic N) is 3. The molecule has 29 heavy (non-hydrogen) atoms. The van der Waals surface area contributed by atoms with Crippen LogP contribution < -0.4 is 0 Å². The summed E-state index contributed by atoms with van der Waals surface area (Å²) in [6, 6.07) is 7.79. The molecule has 1 aromatic carbocycles. The number of allylic oxidation sites excluding steroid dienone is 3. The van der Waals surface area contributed by atoms with Crippen LogP contribution in [0.15, 0.2) is 47.3 Å². The molecule has 3 heterocycles. The molecule has 1 aliphatic carbocycles. The zero-order valence-electron chi connectivity index (χ0n) is 17.9. The Kier molecular flexibility index (Phi) is 5.15. The zero-order valence-corrected chi connectivity index (χ0v) is 17.9. The molecule has 4 heteroatoms. The molecule has 3 atom stereocenters. The van der Waals surface area contributed by atoms with E-state index >= 15 is 0 Å². The molecule has 0 spiro atoms. The Hall–Kier alpha value is -1.81. The van der Waals surface area contributed by atoms with Gasteiger partial charge in [0, 0.05) is 50.9 Å². The molecule has 2 saturated heterocycles. The SMILES string of the molecule is CC(CCCN1CC[C@H]2[C@@H](C1)C1=CCCC3=C1N2CCN3C)c1ccc(F)cc1. The van der Waals surface area contributed by atoms with Crippen molar-refractivity contribution >= 4 is 0 Å². The van der Waals surface area contributed by atoms with Crippen molar-refractivity contribution in [2.24, 2.45) is 5.92 Å². The fraction of sp³-hybridized carbons (Fsp3) is 0.600. The third-order valence-corrected chi connectivity index (χ3v) is 7.73.